The van der Waals surface area contributed by atoms with Gasteiger partial charge in [-0.15, -0.1) is 12.4 Å². The molecule has 2 N–H and O–H groups in total. The van der Waals surface area contributed by atoms with Crippen molar-refractivity contribution in [2.24, 2.45) is 0 Å². The van der Waals surface area contributed by atoms with Gasteiger partial charge < -0.3 is 15.0 Å². The smallest absolute Gasteiger partial charge is 0.256 e. The highest BCUT2D eigenvalue weighted by Gasteiger charge is 2.30. The molecule has 32 heavy (non-hydrogen) atoms. The van der Waals surface area contributed by atoms with E-state index in [1.54, 1.807) is 0 Å². The zero-order valence-electron chi connectivity index (χ0n) is 17.6. The van der Waals surface area contributed by atoms with Crippen molar-refractivity contribution < 1.29 is 19.1 Å². The first-order valence-electron chi connectivity index (χ1n) is 10.5. The Bertz CT molecular complexity index is 1070. The second-order valence-corrected chi connectivity index (χ2v) is 8.12. The number of rotatable bonds is 5. The van der Waals surface area contributed by atoms with Crippen molar-refractivity contribution in [1.82, 2.24) is 14.8 Å². The molecule has 0 saturated carbocycles. The lowest BCUT2D eigenvalue weighted by Crippen LogP contribution is -2.35. The lowest BCUT2D eigenvalue weighted by atomic mass is 10.0. The van der Waals surface area contributed by atoms with Crippen molar-refractivity contribution in [1.29, 1.82) is 0 Å². The van der Waals surface area contributed by atoms with Gasteiger partial charge in [-0.1, -0.05) is 6.07 Å². The minimum Gasteiger partial charge on any atom is -0.379 e. The van der Waals surface area contributed by atoms with Crippen LogP contribution in [0.15, 0.2) is 30.5 Å². The van der Waals surface area contributed by atoms with Crippen molar-refractivity contribution in [3.8, 4) is 0 Å². The molecule has 9 heteroatoms. The topological polar surface area (TPSA) is 94.7 Å². The molecule has 0 bridgehead atoms. The number of anilines is 1. The molecule has 3 aliphatic rings. The number of likely N-dealkylation sites (tertiary alicyclic amines) is 1. The van der Waals surface area contributed by atoms with Gasteiger partial charge in [0.2, 0.25) is 11.8 Å². The third-order valence-electron chi connectivity index (χ3n) is 5.94. The number of hydrogen-bond donors (Lipinski definition) is 2. The monoisotopic (exact) mass is 456 g/mol. The summed E-state index contributed by atoms with van der Waals surface area (Å²) in [5.74, 6) is -0.450. The van der Waals surface area contributed by atoms with E-state index >= 15 is 0 Å². The minimum atomic E-state index is -0.162. The molecular weight excluding hydrogens is 432 g/mol. The molecule has 2 saturated heterocycles. The molecular formula is C23H25ClN4O4. The Morgan fingerprint density at radius 2 is 1.72 bits per heavy atom. The fraction of sp³-hybridized carbons (Fsp3) is 0.348. The van der Waals surface area contributed by atoms with Crippen LogP contribution < -0.4 is 5.32 Å². The van der Waals surface area contributed by atoms with E-state index in [2.05, 4.69) is 21.3 Å². The largest absolute Gasteiger partial charge is 0.379 e. The predicted molar refractivity (Wildman–Crippen MR) is 122 cm³/mol. The van der Waals surface area contributed by atoms with Gasteiger partial charge in [-0.3, -0.25) is 24.2 Å². The lowest BCUT2D eigenvalue weighted by Gasteiger charge is -2.25. The Hall–Kier alpha value is -2.94. The molecule has 0 atom stereocenters. The van der Waals surface area contributed by atoms with Gasteiger partial charge in [-0.25, -0.2) is 0 Å². The number of aromatic nitrogens is 1. The number of morpholine rings is 1. The normalized spacial score (nSPS) is 19.9. The van der Waals surface area contributed by atoms with E-state index in [9.17, 15) is 14.4 Å². The van der Waals surface area contributed by atoms with Crippen molar-refractivity contribution in [3.63, 3.8) is 0 Å². The quantitative estimate of drug-likeness (QED) is 0.532. The van der Waals surface area contributed by atoms with E-state index in [-0.39, 0.29) is 49.5 Å². The van der Waals surface area contributed by atoms with Gasteiger partial charge in [0, 0.05) is 55.6 Å². The van der Waals surface area contributed by atoms with E-state index in [0.29, 0.717) is 5.57 Å². The number of fused-ring (bicyclic) bond motifs is 1. The Labute approximate surface area is 192 Å². The summed E-state index contributed by atoms with van der Waals surface area (Å²) in [5.41, 5.74) is 4.92. The van der Waals surface area contributed by atoms with Crippen LogP contribution in [0, 0.1) is 0 Å². The highest BCUT2D eigenvalue weighted by molar-refractivity contribution is 6.34. The summed E-state index contributed by atoms with van der Waals surface area (Å²) in [5, 5.41) is 2.89. The molecule has 0 aliphatic carbocycles. The lowest BCUT2D eigenvalue weighted by molar-refractivity contribution is -0.139. The van der Waals surface area contributed by atoms with E-state index in [0.717, 1.165) is 60.9 Å². The zero-order valence-corrected chi connectivity index (χ0v) is 18.4. The molecule has 168 valence electrons. The molecule has 8 nitrogen and oxygen atoms in total. The average molecular weight is 457 g/mol. The Kier molecular flexibility index (Phi) is 6.45. The SMILES string of the molecule is Cl.O=C1Nc2ccc(CN3C(=O)CCC3=O)cc2/C1=C/c1cc(CN2CCOCC2)c[nH]1. The van der Waals surface area contributed by atoms with Crippen molar-refractivity contribution in [2.45, 2.75) is 25.9 Å². The van der Waals surface area contributed by atoms with Crippen LogP contribution in [0.1, 0.15) is 35.2 Å². The number of nitrogens with zero attached hydrogens (tertiary/aromatic N) is 2. The summed E-state index contributed by atoms with van der Waals surface area (Å²) >= 11 is 0. The van der Waals surface area contributed by atoms with Gasteiger partial charge in [0.05, 0.1) is 25.3 Å². The van der Waals surface area contributed by atoms with E-state index in [4.69, 9.17) is 4.74 Å². The number of H-pyrrole nitrogens is 1. The van der Waals surface area contributed by atoms with Gasteiger partial charge in [0.15, 0.2) is 0 Å². The Morgan fingerprint density at radius 1 is 0.969 bits per heavy atom. The molecule has 3 amide bonds. The summed E-state index contributed by atoms with van der Waals surface area (Å²) in [6, 6.07) is 7.61. The Morgan fingerprint density at radius 3 is 2.47 bits per heavy atom. The second-order valence-electron chi connectivity index (χ2n) is 8.12. The van der Waals surface area contributed by atoms with Gasteiger partial charge >= 0.3 is 0 Å². The minimum absolute atomic E-state index is 0. The second kappa shape index (κ2) is 9.28. The highest BCUT2D eigenvalue weighted by Crippen LogP contribution is 2.34. The van der Waals surface area contributed by atoms with Gasteiger partial charge in [-0.2, -0.15) is 0 Å². The summed E-state index contributed by atoms with van der Waals surface area (Å²) < 4.78 is 5.40. The number of nitrogens with one attached hydrogen (secondary N) is 2. The molecule has 1 aromatic heterocycles. The first-order valence-corrected chi connectivity index (χ1v) is 10.5. The number of imide groups is 1. The molecule has 3 aliphatic heterocycles. The highest BCUT2D eigenvalue weighted by atomic mass is 35.5. The van der Waals surface area contributed by atoms with Gasteiger partial charge in [0.1, 0.15) is 0 Å². The fourth-order valence-corrected chi connectivity index (χ4v) is 4.27. The molecule has 2 fully saturated rings. The zero-order chi connectivity index (χ0) is 21.4. The molecule has 0 unspecified atom stereocenters. The number of benzene rings is 1. The number of halogens is 1. The van der Waals surface area contributed by atoms with Crippen LogP contribution in [-0.2, 0) is 32.2 Å². The summed E-state index contributed by atoms with van der Waals surface area (Å²) in [6.07, 6.45) is 4.36. The maximum Gasteiger partial charge on any atom is 0.256 e. The third kappa shape index (κ3) is 4.48. The summed E-state index contributed by atoms with van der Waals surface area (Å²) in [7, 11) is 0. The number of ether oxygens (including phenoxy) is 1. The first kappa shape index (κ1) is 22.3. The van der Waals surface area contributed by atoms with Crippen LogP contribution in [0.25, 0.3) is 11.6 Å². The maximum absolute atomic E-state index is 12.6. The summed E-state index contributed by atoms with van der Waals surface area (Å²) in [4.78, 5) is 43.3. The molecule has 4 heterocycles. The maximum atomic E-state index is 12.6. The Balaban J connectivity index is 0.00000245. The van der Waals surface area contributed by atoms with Crippen LogP contribution >= 0.6 is 12.4 Å². The van der Waals surface area contributed by atoms with Gasteiger partial charge in [0.25, 0.3) is 5.91 Å². The molecule has 5 rings (SSSR count). The van der Waals surface area contributed by atoms with E-state index in [1.165, 1.54) is 4.90 Å². The summed E-state index contributed by atoms with van der Waals surface area (Å²) in [6.45, 7) is 4.43. The van der Waals surface area contributed by atoms with Crippen LogP contribution in [0.3, 0.4) is 0 Å². The van der Waals surface area contributed by atoms with Gasteiger partial charge in [-0.05, 0) is 35.4 Å². The van der Waals surface area contributed by atoms with Crippen LogP contribution in [0.2, 0.25) is 0 Å². The van der Waals surface area contributed by atoms with Crippen LogP contribution in [0.4, 0.5) is 5.69 Å². The number of aromatic amines is 1. The number of hydrogen-bond acceptors (Lipinski definition) is 5. The van der Waals surface area contributed by atoms with Crippen molar-refractivity contribution in [2.75, 3.05) is 31.6 Å². The van der Waals surface area contributed by atoms with E-state index < -0.39 is 0 Å². The van der Waals surface area contributed by atoms with Crippen LogP contribution in [-0.4, -0.2) is 58.8 Å². The van der Waals surface area contributed by atoms with E-state index in [1.807, 2.05) is 30.5 Å². The van der Waals surface area contributed by atoms with Crippen molar-refractivity contribution in [3.05, 3.63) is 52.8 Å². The average Bonchev–Trinajstić information content (AvgIpc) is 3.43. The first-order chi connectivity index (χ1) is 15.1. The predicted octanol–water partition coefficient (Wildman–Crippen LogP) is 2.41. The molecule has 1 aromatic carbocycles. The molecule has 0 spiro atoms. The molecule has 0 radical (unpaired) electrons. The van der Waals surface area contributed by atoms with Crippen LogP contribution in [0.5, 0.6) is 0 Å². The fourth-order valence-electron chi connectivity index (χ4n) is 4.27. The number of carbonyl (C=O) groups is 3. The third-order valence-corrected chi connectivity index (χ3v) is 5.94. The number of carbonyl (C=O) groups excluding carboxylic acids is 3. The van der Waals surface area contributed by atoms with Crippen molar-refractivity contribution >= 4 is 47.5 Å². The molecule has 2 aromatic rings. The standard InChI is InChI=1S/C23H24N4O4.ClH/c28-21-3-4-22(29)27(21)14-15-1-2-20-18(10-15)19(23(30)25-20)11-17-9-16(12-24-17)13-26-5-7-31-8-6-26;/h1-2,9-12,24H,3-8,13-14H2,(H,25,30);1H/b19-11-;. The number of amides is 3.